The number of carbonyl (C=O) groups excluding carboxylic acids is 1. The highest BCUT2D eigenvalue weighted by Gasteiger charge is 2.26. The van der Waals surface area contributed by atoms with Crippen molar-refractivity contribution in [2.24, 2.45) is 0 Å². The third-order valence-electron chi connectivity index (χ3n) is 5.04. The largest absolute Gasteiger partial charge is 0.493 e. The van der Waals surface area contributed by atoms with Gasteiger partial charge in [-0.25, -0.2) is 4.98 Å². The molecule has 1 aliphatic heterocycles. The molecule has 0 fully saturated rings. The van der Waals surface area contributed by atoms with Crippen LogP contribution in [0.3, 0.4) is 0 Å². The van der Waals surface area contributed by atoms with Crippen molar-refractivity contribution in [3.8, 4) is 28.4 Å². The van der Waals surface area contributed by atoms with E-state index in [2.05, 4.69) is 10.3 Å². The second-order valence-electron chi connectivity index (χ2n) is 6.80. The lowest BCUT2D eigenvalue weighted by Crippen LogP contribution is -2.04. The van der Waals surface area contributed by atoms with Gasteiger partial charge in [0.15, 0.2) is 11.5 Å². The number of hydrogen-bond donors (Lipinski definition) is 1. The van der Waals surface area contributed by atoms with Gasteiger partial charge in [-0.3, -0.25) is 4.79 Å². The maximum absolute atomic E-state index is 12.5. The smallest absolute Gasteiger partial charge is 0.257 e. The van der Waals surface area contributed by atoms with Crippen LogP contribution in [0.25, 0.3) is 16.7 Å². The van der Waals surface area contributed by atoms with Gasteiger partial charge in [0.05, 0.1) is 21.3 Å². The van der Waals surface area contributed by atoms with E-state index in [4.69, 9.17) is 14.2 Å². The highest BCUT2D eigenvalue weighted by atomic mass is 16.5. The number of methoxy groups -OCH3 is 3. The highest BCUT2D eigenvalue weighted by molar-refractivity contribution is 6.31. The summed E-state index contributed by atoms with van der Waals surface area (Å²) in [6.45, 7) is 0. The van der Waals surface area contributed by atoms with Crippen molar-refractivity contribution in [3.63, 3.8) is 0 Å². The third kappa shape index (κ3) is 3.59. The molecule has 0 aliphatic carbocycles. The summed E-state index contributed by atoms with van der Waals surface area (Å²) >= 11 is 0. The number of anilines is 1. The summed E-state index contributed by atoms with van der Waals surface area (Å²) in [6, 6.07) is 15.7. The molecular weight excluding hydrogens is 380 g/mol. The summed E-state index contributed by atoms with van der Waals surface area (Å²) < 4.78 is 16.3. The number of ether oxygens (including phenoxy) is 3. The summed E-state index contributed by atoms with van der Waals surface area (Å²) in [6.07, 6.45) is 4.33. The Morgan fingerprint density at radius 1 is 0.967 bits per heavy atom. The fraction of sp³-hybridized carbons (Fsp3) is 0.167. The second-order valence-corrected chi connectivity index (χ2v) is 6.80. The standard InChI is InChI=1S/C24H22N2O4.H2/c1-28-20-12-16(13-21(29-2)22(20)30-3)17-11-19-18(24(27)26-23(19)25-14-17)10-9-15-7-5-4-6-8-15;/h4-8,10-14H,9H2,1-3H3,(H,25,26,27);1H. The zero-order valence-corrected chi connectivity index (χ0v) is 17.1. The summed E-state index contributed by atoms with van der Waals surface area (Å²) in [5.41, 5.74) is 4.23. The molecule has 1 amide bonds. The molecule has 0 saturated heterocycles. The van der Waals surface area contributed by atoms with Crippen LogP contribution < -0.4 is 19.5 Å². The Kier molecular flexibility index (Phi) is 5.39. The third-order valence-corrected chi connectivity index (χ3v) is 5.04. The van der Waals surface area contributed by atoms with Crippen LogP contribution in [0.2, 0.25) is 0 Å². The number of pyridine rings is 1. The first-order valence-corrected chi connectivity index (χ1v) is 9.50. The van der Waals surface area contributed by atoms with Gasteiger partial charge in [-0.1, -0.05) is 36.4 Å². The lowest BCUT2D eigenvalue weighted by molar-refractivity contribution is -0.110. The summed E-state index contributed by atoms with van der Waals surface area (Å²) in [7, 11) is 4.72. The number of amides is 1. The fourth-order valence-electron chi connectivity index (χ4n) is 3.51. The van der Waals surface area contributed by atoms with Gasteiger partial charge in [0.1, 0.15) is 5.82 Å². The Balaban J connectivity index is 0.00000272. The average molecular weight is 404 g/mol. The van der Waals surface area contributed by atoms with Crippen LogP contribution in [-0.4, -0.2) is 32.2 Å². The lowest BCUT2D eigenvalue weighted by Gasteiger charge is -2.14. The highest BCUT2D eigenvalue weighted by Crippen LogP contribution is 2.42. The Morgan fingerprint density at radius 2 is 1.67 bits per heavy atom. The minimum absolute atomic E-state index is 0. The first kappa shape index (κ1) is 19.5. The van der Waals surface area contributed by atoms with E-state index in [1.54, 1.807) is 27.5 Å². The van der Waals surface area contributed by atoms with E-state index in [1.807, 2.05) is 54.6 Å². The molecule has 30 heavy (non-hydrogen) atoms. The normalized spacial score (nSPS) is 13.7. The monoisotopic (exact) mass is 404 g/mol. The Labute approximate surface area is 176 Å². The number of allylic oxidation sites excluding steroid dienone is 1. The molecule has 6 heteroatoms. The van der Waals surface area contributed by atoms with Crippen molar-refractivity contribution < 1.29 is 20.4 Å². The summed E-state index contributed by atoms with van der Waals surface area (Å²) in [5, 5.41) is 2.84. The van der Waals surface area contributed by atoms with Gasteiger partial charge < -0.3 is 19.5 Å². The number of nitrogens with zero attached hydrogens (tertiary/aromatic N) is 1. The number of fused-ring (bicyclic) bond motifs is 1. The van der Waals surface area contributed by atoms with E-state index in [1.165, 1.54) is 0 Å². The molecule has 0 saturated carbocycles. The molecule has 0 bridgehead atoms. The zero-order valence-electron chi connectivity index (χ0n) is 17.1. The number of carbonyl (C=O) groups is 1. The van der Waals surface area contributed by atoms with E-state index in [9.17, 15) is 4.79 Å². The SMILES string of the molecule is COc1cc(-c2cnc3c(c2)C(=CCc2ccccc2)C(=O)N3)cc(OC)c1OC.[HH]. The van der Waals surface area contributed by atoms with Crippen molar-refractivity contribution in [3.05, 3.63) is 71.9 Å². The molecule has 1 aromatic heterocycles. The molecular formula is C24H24N2O4. The second kappa shape index (κ2) is 8.29. The minimum Gasteiger partial charge on any atom is -0.493 e. The fourth-order valence-corrected chi connectivity index (χ4v) is 3.51. The van der Waals surface area contributed by atoms with E-state index in [-0.39, 0.29) is 7.33 Å². The van der Waals surface area contributed by atoms with Crippen molar-refractivity contribution in [2.45, 2.75) is 6.42 Å². The maximum atomic E-state index is 12.5. The van der Waals surface area contributed by atoms with Gasteiger partial charge in [0.25, 0.3) is 5.91 Å². The number of rotatable bonds is 6. The van der Waals surface area contributed by atoms with Crippen LogP contribution in [0.4, 0.5) is 5.82 Å². The molecule has 6 nitrogen and oxygen atoms in total. The Morgan fingerprint density at radius 3 is 2.30 bits per heavy atom. The van der Waals surface area contributed by atoms with Gasteiger partial charge in [0, 0.05) is 24.3 Å². The first-order chi connectivity index (χ1) is 14.6. The van der Waals surface area contributed by atoms with E-state index in [0.29, 0.717) is 35.1 Å². The molecule has 1 N–H and O–H groups in total. The first-order valence-electron chi connectivity index (χ1n) is 9.50. The number of hydrogen-bond acceptors (Lipinski definition) is 5. The maximum Gasteiger partial charge on any atom is 0.257 e. The molecule has 3 aromatic rings. The van der Waals surface area contributed by atoms with Crippen LogP contribution in [0.1, 0.15) is 12.6 Å². The molecule has 154 valence electrons. The number of benzene rings is 2. The van der Waals surface area contributed by atoms with Gasteiger partial charge >= 0.3 is 0 Å². The topological polar surface area (TPSA) is 69.7 Å². The predicted molar refractivity (Wildman–Crippen MR) is 118 cm³/mol. The Bertz CT molecular complexity index is 1100. The van der Waals surface area contributed by atoms with Crippen molar-refractivity contribution in [2.75, 3.05) is 26.6 Å². The van der Waals surface area contributed by atoms with Crippen molar-refractivity contribution in [1.82, 2.24) is 4.98 Å². The summed E-state index contributed by atoms with van der Waals surface area (Å²) in [4.78, 5) is 17.0. The minimum atomic E-state index is -0.143. The van der Waals surface area contributed by atoms with Crippen LogP contribution in [0.15, 0.2) is 60.8 Å². The molecule has 1 aliphatic rings. The number of nitrogens with one attached hydrogen (secondary N) is 1. The molecule has 0 atom stereocenters. The lowest BCUT2D eigenvalue weighted by atomic mass is 10.0. The molecule has 0 unspecified atom stereocenters. The molecule has 0 spiro atoms. The number of aromatic nitrogens is 1. The van der Waals surface area contributed by atoms with Crippen LogP contribution >= 0.6 is 0 Å². The summed E-state index contributed by atoms with van der Waals surface area (Å²) in [5.74, 6) is 2.06. The predicted octanol–water partition coefficient (Wildman–Crippen LogP) is 4.60. The van der Waals surface area contributed by atoms with E-state index in [0.717, 1.165) is 22.3 Å². The Hall–Kier alpha value is -3.80. The average Bonchev–Trinajstić information content (AvgIpc) is 3.11. The molecule has 2 heterocycles. The van der Waals surface area contributed by atoms with E-state index >= 15 is 0 Å². The molecule has 2 aromatic carbocycles. The van der Waals surface area contributed by atoms with Gasteiger partial charge in [-0.15, -0.1) is 0 Å². The van der Waals surface area contributed by atoms with Crippen molar-refractivity contribution >= 4 is 17.3 Å². The quantitative estimate of drug-likeness (QED) is 0.608. The van der Waals surface area contributed by atoms with Gasteiger partial charge in [-0.05, 0) is 35.7 Å². The van der Waals surface area contributed by atoms with Gasteiger partial charge in [-0.2, -0.15) is 0 Å². The molecule has 0 radical (unpaired) electrons. The van der Waals surface area contributed by atoms with Gasteiger partial charge in [0.2, 0.25) is 5.75 Å². The van der Waals surface area contributed by atoms with E-state index < -0.39 is 0 Å². The van der Waals surface area contributed by atoms with Crippen LogP contribution in [0.5, 0.6) is 17.2 Å². The molecule has 4 rings (SSSR count). The van der Waals surface area contributed by atoms with Crippen molar-refractivity contribution in [1.29, 1.82) is 0 Å². The van der Waals surface area contributed by atoms with Crippen LogP contribution in [-0.2, 0) is 11.2 Å². The zero-order chi connectivity index (χ0) is 21.1. The van der Waals surface area contributed by atoms with Crippen LogP contribution in [0, 0.1) is 0 Å².